The van der Waals surface area contributed by atoms with Crippen molar-refractivity contribution < 1.29 is 0 Å². The van der Waals surface area contributed by atoms with E-state index in [1.165, 1.54) is 6.42 Å². The van der Waals surface area contributed by atoms with Crippen molar-refractivity contribution >= 4 is 0 Å². The molecule has 2 atom stereocenters. The Kier molecular flexibility index (Phi) is 3.51. The van der Waals surface area contributed by atoms with Crippen LogP contribution in [0.25, 0.3) is 0 Å². The molecule has 0 aromatic carbocycles. The van der Waals surface area contributed by atoms with Crippen LogP contribution in [0.2, 0.25) is 0 Å². The van der Waals surface area contributed by atoms with E-state index in [1.807, 2.05) is 6.08 Å². The first kappa shape index (κ1) is 10.7. The van der Waals surface area contributed by atoms with Gasteiger partial charge in [0.05, 0.1) is 0 Å². The molecule has 2 unspecified atom stereocenters. The van der Waals surface area contributed by atoms with Crippen LogP contribution in [0.1, 0.15) is 27.2 Å². The number of nitrogens with zero attached hydrogens (tertiary/aromatic N) is 1. The molecule has 1 saturated heterocycles. The van der Waals surface area contributed by atoms with Crippen LogP contribution in [0.4, 0.5) is 0 Å². The van der Waals surface area contributed by atoms with Crippen LogP contribution in [-0.2, 0) is 0 Å². The lowest BCUT2D eigenvalue weighted by Crippen LogP contribution is -2.61. The lowest BCUT2D eigenvalue weighted by atomic mass is 9.94. The Balaban J connectivity index is 2.57. The number of rotatable bonds is 3. The van der Waals surface area contributed by atoms with Crippen molar-refractivity contribution in [1.82, 2.24) is 10.2 Å². The number of hydrogen-bond acceptors (Lipinski definition) is 2. The first-order valence-electron chi connectivity index (χ1n) is 5.21. The van der Waals surface area contributed by atoms with Crippen LogP contribution < -0.4 is 5.32 Å². The van der Waals surface area contributed by atoms with Crippen LogP contribution in [-0.4, -0.2) is 36.1 Å². The summed E-state index contributed by atoms with van der Waals surface area (Å²) < 4.78 is 0. The molecule has 0 spiro atoms. The molecule has 2 heteroatoms. The van der Waals surface area contributed by atoms with Gasteiger partial charge in [-0.1, -0.05) is 13.0 Å². The normalized spacial score (nSPS) is 36.1. The Morgan fingerprint density at radius 2 is 2.38 bits per heavy atom. The average molecular weight is 182 g/mol. The second kappa shape index (κ2) is 4.25. The Morgan fingerprint density at radius 1 is 1.69 bits per heavy atom. The number of piperazine rings is 1. The standard InChI is InChI=1S/C11H22N2/c1-5-7-13-9-11(4,6-2)12-8-10(13)3/h5,10,12H,1,6-9H2,2-4H3. The summed E-state index contributed by atoms with van der Waals surface area (Å²) in [7, 11) is 0. The molecule has 1 fully saturated rings. The molecule has 1 rings (SSSR count). The summed E-state index contributed by atoms with van der Waals surface area (Å²) in [6, 6.07) is 0.637. The molecular formula is C11H22N2. The molecule has 13 heavy (non-hydrogen) atoms. The van der Waals surface area contributed by atoms with Gasteiger partial charge < -0.3 is 5.32 Å². The van der Waals surface area contributed by atoms with Crippen LogP contribution in [0, 0.1) is 0 Å². The summed E-state index contributed by atoms with van der Waals surface area (Å²) in [5, 5.41) is 3.61. The molecule has 0 radical (unpaired) electrons. The number of nitrogens with one attached hydrogen (secondary N) is 1. The molecule has 0 aromatic rings. The zero-order valence-corrected chi connectivity index (χ0v) is 9.14. The first-order valence-corrected chi connectivity index (χ1v) is 5.21. The Labute approximate surface area is 82.0 Å². The fourth-order valence-corrected chi connectivity index (χ4v) is 1.83. The summed E-state index contributed by atoms with van der Waals surface area (Å²) in [4.78, 5) is 2.49. The molecule has 0 aliphatic carbocycles. The van der Waals surface area contributed by atoms with Crippen molar-refractivity contribution in [2.45, 2.75) is 38.8 Å². The van der Waals surface area contributed by atoms with E-state index in [4.69, 9.17) is 0 Å². The monoisotopic (exact) mass is 182 g/mol. The fourth-order valence-electron chi connectivity index (χ4n) is 1.83. The van der Waals surface area contributed by atoms with Crippen molar-refractivity contribution in [3.63, 3.8) is 0 Å². The quantitative estimate of drug-likeness (QED) is 0.667. The highest BCUT2D eigenvalue weighted by Crippen LogP contribution is 2.18. The predicted octanol–water partition coefficient (Wildman–Crippen LogP) is 1.63. The molecule has 0 amide bonds. The summed E-state index contributed by atoms with van der Waals surface area (Å²) in [5.41, 5.74) is 0.301. The zero-order chi connectivity index (χ0) is 9.90. The Morgan fingerprint density at radius 3 is 2.92 bits per heavy atom. The van der Waals surface area contributed by atoms with Crippen molar-refractivity contribution in [2.24, 2.45) is 0 Å². The minimum atomic E-state index is 0.301. The van der Waals surface area contributed by atoms with Gasteiger partial charge >= 0.3 is 0 Å². The van der Waals surface area contributed by atoms with E-state index in [0.29, 0.717) is 11.6 Å². The molecule has 1 aliphatic heterocycles. The lowest BCUT2D eigenvalue weighted by molar-refractivity contribution is 0.105. The maximum Gasteiger partial charge on any atom is 0.0278 e. The summed E-state index contributed by atoms with van der Waals surface area (Å²) >= 11 is 0. The lowest BCUT2D eigenvalue weighted by Gasteiger charge is -2.44. The minimum Gasteiger partial charge on any atom is -0.309 e. The summed E-state index contributed by atoms with van der Waals surface area (Å²) in [6.45, 7) is 13.9. The van der Waals surface area contributed by atoms with Gasteiger partial charge in [-0.25, -0.2) is 0 Å². The molecule has 76 valence electrons. The Hall–Kier alpha value is -0.340. The van der Waals surface area contributed by atoms with Crippen molar-refractivity contribution in [1.29, 1.82) is 0 Å². The van der Waals surface area contributed by atoms with E-state index in [9.17, 15) is 0 Å². The highest BCUT2D eigenvalue weighted by atomic mass is 15.2. The van der Waals surface area contributed by atoms with Crippen LogP contribution in [0.5, 0.6) is 0 Å². The van der Waals surface area contributed by atoms with Gasteiger partial charge in [0.15, 0.2) is 0 Å². The third-order valence-electron chi connectivity index (χ3n) is 3.14. The van der Waals surface area contributed by atoms with Gasteiger partial charge in [-0.05, 0) is 20.3 Å². The van der Waals surface area contributed by atoms with Gasteiger partial charge in [0.2, 0.25) is 0 Å². The molecule has 1 heterocycles. The van der Waals surface area contributed by atoms with Crippen molar-refractivity contribution in [3.8, 4) is 0 Å². The predicted molar refractivity (Wildman–Crippen MR) is 57.9 cm³/mol. The summed E-state index contributed by atoms with van der Waals surface area (Å²) in [5.74, 6) is 0. The van der Waals surface area contributed by atoms with E-state index in [-0.39, 0.29) is 0 Å². The maximum absolute atomic E-state index is 3.80. The molecule has 0 saturated carbocycles. The third kappa shape index (κ3) is 2.55. The topological polar surface area (TPSA) is 15.3 Å². The first-order chi connectivity index (χ1) is 6.11. The largest absolute Gasteiger partial charge is 0.309 e. The second-order valence-electron chi connectivity index (χ2n) is 4.36. The van der Waals surface area contributed by atoms with Crippen LogP contribution >= 0.6 is 0 Å². The van der Waals surface area contributed by atoms with Gasteiger partial charge in [0.25, 0.3) is 0 Å². The van der Waals surface area contributed by atoms with E-state index >= 15 is 0 Å². The second-order valence-corrected chi connectivity index (χ2v) is 4.36. The minimum absolute atomic E-state index is 0.301. The molecule has 0 aromatic heterocycles. The van der Waals surface area contributed by atoms with Crippen LogP contribution in [0.3, 0.4) is 0 Å². The van der Waals surface area contributed by atoms with E-state index in [2.05, 4.69) is 37.6 Å². The van der Waals surface area contributed by atoms with Gasteiger partial charge in [0, 0.05) is 31.2 Å². The zero-order valence-electron chi connectivity index (χ0n) is 9.14. The number of hydrogen-bond donors (Lipinski definition) is 1. The molecular weight excluding hydrogens is 160 g/mol. The SMILES string of the molecule is C=CCN1CC(C)(CC)NCC1C. The highest BCUT2D eigenvalue weighted by Gasteiger charge is 2.31. The van der Waals surface area contributed by atoms with E-state index < -0.39 is 0 Å². The van der Waals surface area contributed by atoms with Crippen LogP contribution in [0.15, 0.2) is 12.7 Å². The maximum atomic E-state index is 3.80. The third-order valence-corrected chi connectivity index (χ3v) is 3.14. The van der Waals surface area contributed by atoms with Crippen molar-refractivity contribution in [2.75, 3.05) is 19.6 Å². The van der Waals surface area contributed by atoms with Crippen molar-refractivity contribution in [3.05, 3.63) is 12.7 Å². The van der Waals surface area contributed by atoms with Gasteiger partial charge in [0.1, 0.15) is 0 Å². The van der Waals surface area contributed by atoms with Gasteiger partial charge in [-0.15, -0.1) is 6.58 Å². The molecule has 1 aliphatic rings. The Bertz CT molecular complexity index is 179. The van der Waals surface area contributed by atoms with E-state index in [0.717, 1.165) is 19.6 Å². The summed E-state index contributed by atoms with van der Waals surface area (Å²) in [6.07, 6.45) is 3.19. The molecule has 1 N–H and O–H groups in total. The average Bonchev–Trinajstić information content (AvgIpc) is 2.12. The van der Waals surface area contributed by atoms with Gasteiger partial charge in [-0.3, -0.25) is 4.90 Å². The smallest absolute Gasteiger partial charge is 0.0278 e. The van der Waals surface area contributed by atoms with E-state index in [1.54, 1.807) is 0 Å². The van der Waals surface area contributed by atoms with Gasteiger partial charge in [-0.2, -0.15) is 0 Å². The highest BCUT2D eigenvalue weighted by molar-refractivity contribution is 4.94. The molecule has 0 bridgehead atoms. The fraction of sp³-hybridized carbons (Fsp3) is 0.818. The molecule has 2 nitrogen and oxygen atoms in total.